The van der Waals surface area contributed by atoms with Crippen LogP contribution in [-0.2, 0) is 16.0 Å². The molecule has 6 nitrogen and oxygen atoms in total. The molecular formula is C11H22N4O2S. The molecule has 104 valence electrons. The number of hydrogen-bond acceptors (Lipinski definition) is 6. The first-order valence-electron chi connectivity index (χ1n) is 5.91. The summed E-state index contributed by atoms with van der Waals surface area (Å²) in [4.78, 5) is 0. The van der Waals surface area contributed by atoms with E-state index in [1.807, 2.05) is 0 Å². The summed E-state index contributed by atoms with van der Waals surface area (Å²) in [5.74, 6) is 0.995. The molecule has 0 saturated carbocycles. The maximum absolute atomic E-state index is 5.14. The molecular weight excluding hydrogens is 252 g/mol. The summed E-state index contributed by atoms with van der Waals surface area (Å²) in [6.07, 6.45) is 0.790. The molecule has 0 aromatic carbocycles. The fraction of sp³-hybridized carbons (Fsp3) is 0.909. The van der Waals surface area contributed by atoms with Gasteiger partial charge >= 0.3 is 0 Å². The quantitative estimate of drug-likeness (QED) is 0.558. The first-order chi connectivity index (χ1) is 8.46. The van der Waals surface area contributed by atoms with Gasteiger partial charge in [0.05, 0.1) is 6.54 Å². The predicted molar refractivity (Wildman–Crippen MR) is 70.4 cm³/mol. The molecule has 0 unspecified atom stereocenters. The van der Waals surface area contributed by atoms with E-state index in [2.05, 4.69) is 36.3 Å². The second-order valence-electron chi connectivity index (χ2n) is 5.20. The second kappa shape index (κ2) is 7.06. The van der Waals surface area contributed by atoms with Crippen LogP contribution in [0.2, 0.25) is 0 Å². The summed E-state index contributed by atoms with van der Waals surface area (Å²) >= 11 is 1.66. The Morgan fingerprint density at radius 1 is 1.28 bits per heavy atom. The van der Waals surface area contributed by atoms with Crippen molar-refractivity contribution in [3.63, 3.8) is 0 Å². The van der Waals surface area contributed by atoms with Crippen LogP contribution in [0.15, 0.2) is 5.16 Å². The molecule has 1 aromatic rings. The number of nitrogens with zero attached hydrogens (tertiary/aromatic N) is 4. The SMILES string of the molecule is COC(Cn1nnnc1SCCC(C)(C)C)OC. The van der Waals surface area contributed by atoms with Gasteiger partial charge in [-0.2, -0.15) is 0 Å². The highest BCUT2D eigenvalue weighted by Crippen LogP contribution is 2.24. The molecule has 0 radical (unpaired) electrons. The van der Waals surface area contributed by atoms with Crippen LogP contribution in [-0.4, -0.2) is 46.5 Å². The van der Waals surface area contributed by atoms with Gasteiger partial charge in [0.25, 0.3) is 0 Å². The molecule has 0 atom stereocenters. The van der Waals surface area contributed by atoms with Crippen LogP contribution in [0.3, 0.4) is 0 Å². The van der Waals surface area contributed by atoms with E-state index in [-0.39, 0.29) is 6.29 Å². The minimum absolute atomic E-state index is 0.324. The molecule has 0 N–H and O–H groups in total. The van der Waals surface area contributed by atoms with Crippen molar-refractivity contribution >= 4 is 11.8 Å². The zero-order valence-corrected chi connectivity index (χ0v) is 12.5. The number of ether oxygens (including phenoxy) is 2. The molecule has 1 heterocycles. The highest BCUT2D eigenvalue weighted by atomic mass is 32.2. The van der Waals surface area contributed by atoms with Crippen molar-refractivity contribution in [1.29, 1.82) is 0 Å². The molecule has 7 heteroatoms. The summed E-state index contributed by atoms with van der Waals surface area (Å²) in [5, 5.41) is 12.4. The lowest BCUT2D eigenvalue weighted by atomic mass is 9.94. The molecule has 0 aliphatic heterocycles. The Labute approximate surface area is 112 Å². The van der Waals surface area contributed by atoms with E-state index in [0.29, 0.717) is 12.0 Å². The third-order valence-corrected chi connectivity index (χ3v) is 3.39. The average Bonchev–Trinajstić information content (AvgIpc) is 2.72. The zero-order chi connectivity index (χ0) is 13.6. The van der Waals surface area contributed by atoms with Gasteiger partial charge in [0.15, 0.2) is 6.29 Å². The number of thioether (sulfide) groups is 1. The van der Waals surface area contributed by atoms with Crippen molar-refractivity contribution in [3.05, 3.63) is 0 Å². The molecule has 1 aromatic heterocycles. The Morgan fingerprint density at radius 2 is 1.94 bits per heavy atom. The van der Waals surface area contributed by atoms with Gasteiger partial charge in [-0.15, -0.1) is 5.10 Å². The van der Waals surface area contributed by atoms with Gasteiger partial charge in [-0.3, -0.25) is 0 Å². The molecule has 0 aliphatic rings. The van der Waals surface area contributed by atoms with Gasteiger partial charge < -0.3 is 9.47 Å². The molecule has 0 amide bonds. The molecule has 1 rings (SSSR count). The van der Waals surface area contributed by atoms with Gasteiger partial charge in [0.1, 0.15) is 0 Å². The van der Waals surface area contributed by atoms with E-state index in [9.17, 15) is 0 Å². The summed E-state index contributed by atoms with van der Waals surface area (Å²) in [6, 6.07) is 0. The Morgan fingerprint density at radius 3 is 2.50 bits per heavy atom. The lowest BCUT2D eigenvalue weighted by Gasteiger charge is -2.17. The van der Waals surface area contributed by atoms with Crippen LogP contribution >= 0.6 is 11.8 Å². The Kier molecular flexibility index (Phi) is 6.04. The zero-order valence-electron chi connectivity index (χ0n) is 11.7. The van der Waals surface area contributed by atoms with E-state index < -0.39 is 0 Å². The first kappa shape index (κ1) is 15.4. The monoisotopic (exact) mass is 274 g/mol. The number of methoxy groups -OCH3 is 2. The second-order valence-corrected chi connectivity index (χ2v) is 6.27. The van der Waals surface area contributed by atoms with Crippen LogP contribution in [0.25, 0.3) is 0 Å². The molecule has 0 saturated heterocycles. The van der Waals surface area contributed by atoms with Gasteiger partial charge in [-0.25, -0.2) is 4.68 Å². The van der Waals surface area contributed by atoms with Gasteiger partial charge in [-0.1, -0.05) is 32.5 Å². The lowest BCUT2D eigenvalue weighted by Crippen LogP contribution is -2.22. The molecule has 0 bridgehead atoms. The van der Waals surface area contributed by atoms with Crippen molar-refractivity contribution in [3.8, 4) is 0 Å². The maximum atomic E-state index is 5.14. The highest BCUT2D eigenvalue weighted by Gasteiger charge is 2.15. The van der Waals surface area contributed by atoms with Crippen molar-refractivity contribution in [2.75, 3.05) is 20.0 Å². The first-order valence-corrected chi connectivity index (χ1v) is 6.89. The van der Waals surface area contributed by atoms with Crippen LogP contribution in [0.4, 0.5) is 0 Å². The number of hydrogen-bond donors (Lipinski definition) is 0. The summed E-state index contributed by atoms with van der Waals surface area (Å²) in [5.41, 5.74) is 0.326. The van der Waals surface area contributed by atoms with Gasteiger partial charge in [-0.05, 0) is 22.3 Å². The van der Waals surface area contributed by atoms with E-state index in [0.717, 1.165) is 17.3 Å². The van der Waals surface area contributed by atoms with E-state index in [1.54, 1.807) is 30.7 Å². The fourth-order valence-electron chi connectivity index (χ4n) is 1.25. The van der Waals surface area contributed by atoms with Gasteiger partial charge in [0, 0.05) is 20.0 Å². The number of rotatable bonds is 7. The Bertz CT molecular complexity index is 347. The third-order valence-electron chi connectivity index (χ3n) is 2.43. The molecule has 0 spiro atoms. The Balaban J connectivity index is 2.49. The van der Waals surface area contributed by atoms with Crippen molar-refractivity contribution in [2.45, 2.75) is 45.2 Å². The summed E-state index contributed by atoms with van der Waals surface area (Å²) in [6.45, 7) is 7.17. The van der Waals surface area contributed by atoms with Crippen molar-refractivity contribution in [1.82, 2.24) is 20.2 Å². The highest BCUT2D eigenvalue weighted by molar-refractivity contribution is 7.99. The summed E-state index contributed by atoms with van der Waals surface area (Å²) in [7, 11) is 3.20. The van der Waals surface area contributed by atoms with Crippen molar-refractivity contribution in [2.24, 2.45) is 5.41 Å². The number of tetrazole rings is 1. The average molecular weight is 274 g/mol. The van der Waals surface area contributed by atoms with Crippen LogP contribution in [0.1, 0.15) is 27.2 Å². The Hall–Kier alpha value is -0.660. The third kappa shape index (κ3) is 5.32. The van der Waals surface area contributed by atoms with Crippen LogP contribution < -0.4 is 0 Å². The van der Waals surface area contributed by atoms with E-state index in [1.165, 1.54) is 0 Å². The largest absolute Gasteiger partial charge is 0.354 e. The van der Waals surface area contributed by atoms with Crippen LogP contribution in [0, 0.1) is 5.41 Å². The van der Waals surface area contributed by atoms with Gasteiger partial charge in [0.2, 0.25) is 5.16 Å². The van der Waals surface area contributed by atoms with E-state index >= 15 is 0 Å². The standard InChI is InChI=1S/C11H22N4O2S/c1-11(2,3)6-7-18-10-12-13-14-15(10)8-9(16-4)17-5/h9H,6-8H2,1-5H3. The molecule has 0 fully saturated rings. The summed E-state index contributed by atoms with van der Waals surface area (Å²) < 4.78 is 12.0. The fourth-order valence-corrected chi connectivity index (χ4v) is 2.50. The lowest BCUT2D eigenvalue weighted by molar-refractivity contribution is -0.113. The topological polar surface area (TPSA) is 62.1 Å². The molecule has 18 heavy (non-hydrogen) atoms. The minimum atomic E-state index is -0.324. The predicted octanol–water partition coefficient (Wildman–Crippen LogP) is 1.82. The minimum Gasteiger partial charge on any atom is -0.354 e. The molecule has 0 aliphatic carbocycles. The smallest absolute Gasteiger partial charge is 0.209 e. The van der Waals surface area contributed by atoms with Crippen molar-refractivity contribution < 1.29 is 9.47 Å². The van der Waals surface area contributed by atoms with Crippen LogP contribution in [0.5, 0.6) is 0 Å². The maximum Gasteiger partial charge on any atom is 0.209 e. The normalized spacial score (nSPS) is 12.3. The van der Waals surface area contributed by atoms with E-state index in [4.69, 9.17) is 9.47 Å². The number of aromatic nitrogens is 4.